The van der Waals surface area contributed by atoms with Gasteiger partial charge in [-0.3, -0.25) is 4.78 Å². The van der Waals surface area contributed by atoms with Crippen LogP contribution in [0.1, 0.15) is 34.1 Å². The largest absolute Gasteiger partial charge is 0.253 e. The Hall–Kier alpha value is -0.0500. The Labute approximate surface area is 70.4 Å². The van der Waals surface area contributed by atoms with Crippen molar-refractivity contribution in [3.8, 4) is 0 Å². The maximum Gasteiger partial charge on any atom is 0.0470 e. The fourth-order valence-corrected chi connectivity index (χ4v) is 2.79. The normalized spacial score (nSPS) is 19.7. The summed E-state index contributed by atoms with van der Waals surface area (Å²) in [5.74, 6) is 0.901. The van der Waals surface area contributed by atoms with Crippen molar-refractivity contribution in [3.63, 3.8) is 0 Å². The monoisotopic (exact) mass is 177 g/mol. The summed E-state index contributed by atoms with van der Waals surface area (Å²) in [6.45, 7) is 7.93. The maximum atomic E-state index is 11.6. The van der Waals surface area contributed by atoms with E-state index < -0.39 is 9.73 Å². The fourth-order valence-electron chi connectivity index (χ4n) is 0.929. The van der Waals surface area contributed by atoms with Gasteiger partial charge in [0.25, 0.3) is 0 Å². The van der Waals surface area contributed by atoms with E-state index in [9.17, 15) is 4.21 Å². The maximum absolute atomic E-state index is 11.6. The Bertz CT molecular complexity index is 194. The van der Waals surface area contributed by atoms with Crippen molar-refractivity contribution in [1.29, 1.82) is 4.78 Å². The third-order valence-electron chi connectivity index (χ3n) is 2.05. The van der Waals surface area contributed by atoms with Crippen LogP contribution in [0.15, 0.2) is 0 Å². The molecule has 68 valence electrons. The van der Waals surface area contributed by atoms with E-state index in [0.717, 1.165) is 6.42 Å². The number of hydrogen-bond acceptors (Lipinski definition) is 2. The van der Waals surface area contributed by atoms with Crippen molar-refractivity contribution < 1.29 is 4.21 Å². The fraction of sp³-hybridized carbons (Fsp3) is 1.00. The Morgan fingerprint density at radius 2 is 1.82 bits per heavy atom. The van der Waals surface area contributed by atoms with Gasteiger partial charge in [-0.25, -0.2) is 4.21 Å². The topological polar surface area (TPSA) is 40.9 Å². The molecular weight excluding hydrogens is 158 g/mol. The highest BCUT2D eigenvalue weighted by atomic mass is 32.2. The van der Waals surface area contributed by atoms with Gasteiger partial charge in [0.05, 0.1) is 0 Å². The summed E-state index contributed by atoms with van der Waals surface area (Å²) in [5.41, 5.74) is 0. The van der Waals surface area contributed by atoms with Crippen molar-refractivity contribution in [2.45, 2.75) is 39.4 Å². The molecule has 2 nitrogen and oxygen atoms in total. The predicted molar refractivity (Wildman–Crippen MR) is 50.3 cm³/mol. The van der Waals surface area contributed by atoms with E-state index in [1.165, 1.54) is 0 Å². The lowest BCUT2D eigenvalue weighted by molar-refractivity contribution is 0.596. The standard InChI is InChI=1S/C8H19NOS/c1-5-6-11(9,10)8(4)7(2)3/h7-9H,5-6H2,1-4H3/t8-,11-/m0/s1. The summed E-state index contributed by atoms with van der Waals surface area (Å²) in [4.78, 5) is 0. The number of hydrogen-bond donors (Lipinski definition) is 1. The summed E-state index contributed by atoms with van der Waals surface area (Å²) >= 11 is 0. The Balaban J connectivity index is 4.31. The van der Waals surface area contributed by atoms with Crippen LogP contribution >= 0.6 is 0 Å². The molecule has 0 aromatic carbocycles. The van der Waals surface area contributed by atoms with Crippen molar-refractivity contribution in [2.24, 2.45) is 5.92 Å². The Morgan fingerprint density at radius 1 is 1.36 bits per heavy atom. The zero-order chi connectivity index (χ0) is 9.07. The van der Waals surface area contributed by atoms with Crippen LogP contribution in [0.25, 0.3) is 0 Å². The van der Waals surface area contributed by atoms with Crippen molar-refractivity contribution >= 4 is 9.73 Å². The molecule has 0 aliphatic heterocycles. The molecule has 0 aromatic rings. The van der Waals surface area contributed by atoms with Crippen LogP contribution in [0.4, 0.5) is 0 Å². The first-order valence-electron chi connectivity index (χ1n) is 4.17. The van der Waals surface area contributed by atoms with E-state index in [4.69, 9.17) is 4.78 Å². The molecule has 0 radical (unpaired) electrons. The van der Waals surface area contributed by atoms with Crippen LogP contribution in [0.2, 0.25) is 0 Å². The van der Waals surface area contributed by atoms with Crippen LogP contribution in [0.3, 0.4) is 0 Å². The highest BCUT2D eigenvalue weighted by Gasteiger charge is 2.18. The molecular formula is C8H19NOS. The molecule has 0 bridgehead atoms. The average molecular weight is 177 g/mol. The Morgan fingerprint density at radius 3 is 2.09 bits per heavy atom. The van der Waals surface area contributed by atoms with Gasteiger partial charge in [0.15, 0.2) is 0 Å². The summed E-state index contributed by atoms with van der Waals surface area (Å²) in [7, 11) is -2.31. The van der Waals surface area contributed by atoms with Gasteiger partial charge in [0.2, 0.25) is 0 Å². The minimum Gasteiger partial charge on any atom is -0.253 e. The van der Waals surface area contributed by atoms with Crippen LogP contribution in [-0.4, -0.2) is 15.2 Å². The minimum absolute atomic E-state index is 0.0300. The molecule has 1 N–H and O–H groups in total. The van der Waals surface area contributed by atoms with E-state index in [0.29, 0.717) is 11.7 Å². The highest BCUT2D eigenvalue weighted by Crippen LogP contribution is 2.13. The lowest BCUT2D eigenvalue weighted by Crippen LogP contribution is -2.24. The zero-order valence-corrected chi connectivity index (χ0v) is 8.70. The summed E-state index contributed by atoms with van der Waals surface area (Å²) in [5, 5.41) is 0.0300. The lowest BCUT2D eigenvalue weighted by Gasteiger charge is -2.18. The quantitative estimate of drug-likeness (QED) is 0.704. The van der Waals surface area contributed by atoms with E-state index in [1.54, 1.807) is 0 Å². The van der Waals surface area contributed by atoms with Gasteiger partial charge in [-0.15, -0.1) is 0 Å². The first-order valence-corrected chi connectivity index (χ1v) is 5.96. The first kappa shape index (κ1) is 11.0. The van der Waals surface area contributed by atoms with E-state index in [-0.39, 0.29) is 5.25 Å². The molecule has 0 unspecified atom stereocenters. The van der Waals surface area contributed by atoms with Gasteiger partial charge in [0, 0.05) is 20.7 Å². The van der Waals surface area contributed by atoms with E-state index in [1.807, 2.05) is 27.7 Å². The van der Waals surface area contributed by atoms with Crippen molar-refractivity contribution in [3.05, 3.63) is 0 Å². The molecule has 0 saturated carbocycles. The third kappa shape index (κ3) is 3.23. The van der Waals surface area contributed by atoms with Crippen LogP contribution in [0, 0.1) is 10.7 Å². The average Bonchev–Trinajstić information content (AvgIpc) is 1.86. The lowest BCUT2D eigenvalue weighted by atomic mass is 10.2. The summed E-state index contributed by atoms with van der Waals surface area (Å²) in [6, 6.07) is 0. The Kier molecular flexibility index (Phi) is 4.08. The molecule has 0 fully saturated rings. The predicted octanol–water partition coefficient (Wildman–Crippen LogP) is 2.49. The van der Waals surface area contributed by atoms with Gasteiger partial charge in [0.1, 0.15) is 0 Å². The molecule has 0 spiro atoms. The molecule has 3 heteroatoms. The molecule has 0 aliphatic rings. The second-order valence-corrected chi connectivity index (χ2v) is 5.98. The van der Waals surface area contributed by atoms with E-state index in [2.05, 4.69) is 0 Å². The molecule has 0 saturated heterocycles. The van der Waals surface area contributed by atoms with Gasteiger partial charge in [-0.2, -0.15) is 0 Å². The molecule has 0 aliphatic carbocycles. The molecule has 2 atom stereocenters. The molecule has 11 heavy (non-hydrogen) atoms. The minimum atomic E-state index is -2.31. The van der Waals surface area contributed by atoms with E-state index >= 15 is 0 Å². The molecule has 0 heterocycles. The number of nitrogens with one attached hydrogen (secondary N) is 1. The van der Waals surface area contributed by atoms with Crippen LogP contribution < -0.4 is 0 Å². The van der Waals surface area contributed by atoms with Crippen molar-refractivity contribution in [1.82, 2.24) is 0 Å². The summed E-state index contributed by atoms with van der Waals surface area (Å²) in [6.07, 6.45) is 0.847. The smallest absolute Gasteiger partial charge is 0.0470 e. The second-order valence-electron chi connectivity index (χ2n) is 3.38. The molecule has 0 amide bonds. The number of rotatable bonds is 4. The zero-order valence-electron chi connectivity index (χ0n) is 7.89. The van der Waals surface area contributed by atoms with Crippen LogP contribution in [0.5, 0.6) is 0 Å². The molecule has 0 aromatic heterocycles. The van der Waals surface area contributed by atoms with Gasteiger partial charge in [-0.05, 0) is 19.3 Å². The molecule has 0 rings (SSSR count). The third-order valence-corrected chi connectivity index (χ3v) is 4.81. The second kappa shape index (κ2) is 4.10. The van der Waals surface area contributed by atoms with Gasteiger partial charge >= 0.3 is 0 Å². The van der Waals surface area contributed by atoms with Gasteiger partial charge in [-0.1, -0.05) is 20.8 Å². The summed E-state index contributed by atoms with van der Waals surface area (Å²) < 4.78 is 19.2. The van der Waals surface area contributed by atoms with Gasteiger partial charge < -0.3 is 0 Å². The van der Waals surface area contributed by atoms with Crippen molar-refractivity contribution in [2.75, 3.05) is 5.75 Å². The van der Waals surface area contributed by atoms with Crippen LogP contribution in [-0.2, 0) is 9.73 Å². The first-order chi connectivity index (χ1) is 4.91. The highest BCUT2D eigenvalue weighted by molar-refractivity contribution is 7.93. The SMILES string of the molecule is CCC[S@](=N)(=O)[C@@H](C)C(C)C.